The molecule has 0 aliphatic heterocycles. The van der Waals surface area contributed by atoms with E-state index in [4.69, 9.17) is 0 Å². The second-order valence-electron chi connectivity index (χ2n) is 5.36. The van der Waals surface area contributed by atoms with Crippen LogP contribution in [0.15, 0.2) is 41.8 Å². The Kier molecular flexibility index (Phi) is 5.69. The van der Waals surface area contributed by atoms with E-state index in [0.29, 0.717) is 5.56 Å². The predicted octanol–water partition coefficient (Wildman–Crippen LogP) is 2.07. The van der Waals surface area contributed by atoms with Gasteiger partial charge in [0.2, 0.25) is 10.0 Å². The molecule has 0 saturated carbocycles. The SMILES string of the molecule is C=CCNS(=O)(=O)c1cccc(C(=O)NC(C)(C)CC)c1. The zero-order valence-corrected chi connectivity index (χ0v) is 13.5. The summed E-state index contributed by atoms with van der Waals surface area (Å²) in [7, 11) is -3.63. The maximum absolute atomic E-state index is 12.2. The van der Waals surface area contributed by atoms with Gasteiger partial charge in [-0.3, -0.25) is 4.79 Å². The molecule has 1 amide bonds. The lowest BCUT2D eigenvalue weighted by atomic mass is 10.0. The van der Waals surface area contributed by atoms with Gasteiger partial charge in [0, 0.05) is 17.6 Å². The molecule has 116 valence electrons. The Morgan fingerprint density at radius 2 is 2.05 bits per heavy atom. The van der Waals surface area contributed by atoms with E-state index in [-0.39, 0.29) is 22.9 Å². The molecule has 0 aromatic heterocycles. The topological polar surface area (TPSA) is 75.3 Å². The molecule has 5 nitrogen and oxygen atoms in total. The van der Waals surface area contributed by atoms with Gasteiger partial charge in [0.25, 0.3) is 5.91 Å². The van der Waals surface area contributed by atoms with E-state index in [1.807, 2.05) is 20.8 Å². The largest absolute Gasteiger partial charge is 0.347 e. The molecule has 1 aromatic carbocycles. The first-order valence-corrected chi connectivity index (χ1v) is 8.23. The fraction of sp³-hybridized carbons (Fsp3) is 0.400. The van der Waals surface area contributed by atoms with Crippen LogP contribution in [0.2, 0.25) is 0 Å². The van der Waals surface area contributed by atoms with E-state index in [9.17, 15) is 13.2 Å². The summed E-state index contributed by atoms with van der Waals surface area (Å²) in [5, 5.41) is 2.87. The predicted molar refractivity (Wildman–Crippen MR) is 83.7 cm³/mol. The highest BCUT2D eigenvalue weighted by Gasteiger charge is 2.20. The number of carbonyl (C=O) groups excluding carboxylic acids is 1. The minimum Gasteiger partial charge on any atom is -0.347 e. The van der Waals surface area contributed by atoms with Crippen molar-refractivity contribution in [1.29, 1.82) is 0 Å². The van der Waals surface area contributed by atoms with Crippen molar-refractivity contribution in [2.24, 2.45) is 0 Å². The smallest absolute Gasteiger partial charge is 0.251 e. The van der Waals surface area contributed by atoms with Crippen molar-refractivity contribution in [1.82, 2.24) is 10.0 Å². The molecule has 1 aromatic rings. The van der Waals surface area contributed by atoms with Crippen molar-refractivity contribution < 1.29 is 13.2 Å². The molecule has 0 atom stereocenters. The Morgan fingerprint density at radius 3 is 2.62 bits per heavy atom. The van der Waals surface area contributed by atoms with Crippen LogP contribution in [0.4, 0.5) is 0 Å². The first kappa shape index (κ1) is 17.4. The number of hydrogen-bond donors (Lipinski definition) is 2. The fourth-order valence-corrected chi connectivity index (χ4v) is 2.57. The van der Waals surface area contributed by atoms with Crippen molar-refractivity contribution in [2.75, 3.05) is 6.54 Å². The van der Waals surface area contributed by atoms with E-state index >= 15 is 0 Å². The Labute approximate surface area is 126 Å². The minimum absolute atomic E-state index is 0.0614. The van der Waals surface area contributed by atoms with Crippen molar-refractivity contribution in [3.8, 4) is 0 Å². The first-order valence-electron chi connectivity index (χ1n) is 6.75. The molecule has 21 heavy (non-hydrogen) atoms. The van der Waals surface area contributed by atoms with Crippen LogP contribution in [0.25, 0.3) is 0 Å². The van der Waals surface area contributed by atoms with Gasteiger partial charge in [0.15, 0.2) is 0 Å². The van der Waals surface area contributed by atoms with Gasteiger partial charge in [-0.2, -0.15) is 0 Å². The summed E-state index contributed by atoms with van der Waals surface area (Å²) in [5.74, 6) is -0.289. The third kappa shape index (κ3) is 4.99. The third-order valence-electron chi connectivity index (χ3n) is 3.16. The first-order chi connectivity index (χ1) is 9.72. The molecule has 0 radical (unpaired) electrons. The van der Waals surface area contributed by atoms with Gasteiger partial charge >= 0.3 is 0 Å². The van der Waals surface area contributed by atoms with Gasteiger partial charge in [-0.1, -0.05) is 19.1 Å². The lowest BCUT2D eigenvalue weighted by molar-refractivity contribution is 0.0911. The number of nitrogens with one attached hydrogen (secondary N) is 2. The maximum atomic E-state index is 12.2. The summed E-state index contributed by atoms with van der Waals surface area (Å²) in [6.45, 7) is 9.40. The van der Waals surface area contributed by atoms with Crippen LogP contribution in [-0.4, -0.2) is 26.4 Å². The van der Waals surface area contributed by atoms with Gasteiger partial charge < -0.3 is 5.32 Å². The third-order valence-corrected chi connectivity index (χ3v) is 4.58. The quantitative estimate of drug-likeness (QED) is 0.757. The normalized spacial score (nSPS) is 12.0. The monoisotopic (exact) mass is 310 g/mol. The molecule has 0 aliphatic carbocycles. The highest BCUT2D eigenvalue weighted by atomic mass is 32.2. The van der Waals surface area contributed by atoms with E-state index < -0.39 is 10.0 Å². The Hall–Kier alpha value is -1.66. The Morgan fingerprint density at radius 1 is 1.38 bits per heavy atom. The minimum atomic E-state index is -3.63. The summed E-state index contributed by atoms with van der Waals surface area (Å²) < 4.78 is 26.4. The van der Waals surface area contributed by atoms with Gasteiger partial charge in [-0.15, -0.1) is 6.58 Å². The zero-order valence-electron chi connectivity index (χ0n) is 12.6. The van der Waals surface area contributed by atoms with E-state index in [2.05, 4.69) is 16.6 Å². The molecular formula is C15H22N2O3S. The van der Waals surface area contributed by atoms with E-state index in [1.54, 1.807) is 12.1 Å². The van der Waals surface area contributed by atoms with Gasteiger partial charge in [0.1, 0.15) is 0 Å². The van der Waals surface area contributed by atoms with E-state index in [1.165, 1.54) is 18.2 Å². The molecular weight excluding hydrogens is 288 g/mol. The van der Waals surface area contributed by atoms with Crippen LogP contribution in [-0.2, 0) is 10.0 Å². The van der Waals surface area contributed by atoms with Crippen LogP contribution in [0.5, 0.6) is 0 Å². The van der Waals surface area contributed by atoms with Crippen molar-refractivity contribution in [3.63, 3.8) is 0 Å². The molecule has 0 heterocycles. The molecule has 0 fully saturated rings. The van der Waals surface area contributed by atoms with Gasteiger partial charge in [0.05, 0.1) is 4.90 Å². The van der Waals surface area contributed by atoms with E-state index in [0.717, 1.165) is 6.42 Å². The number of sulfonamides is 1. The van der Waals surface area contributed by atoms with Crippen molar-refractivity contribution in [3.05, 3.63) is 42.5 Å². The molecule has 2 N–H and O–H groups in total. The average molecular weight is 310 g/mol. The Bertz CT molecular complexity index is 622. The van der Waals surface area contributed by atoms with Crippen LogP contribution < -0.4 is 10.0 Å². The lowest BCUT2D eigenvalue weighted by Gasteiger charge is -2.24. The highest BCUT2D eigenvalue weighted by molar-refractivity contribution is 7.89. The van der Waals surface area contributed by atoms with Crippen LogP contribution >= 0.6 is 0 Å². The lowest BCUT2D eigenvalue weighted by Crippen LogP contribution is -2.42. The molecule has 0 bridgehead atoms. The number of benzene rings is 1. The summed E-state index contributed by atoms with van der Waals surface area (Å²) in [5.41, 5.74) is -0.0226. The molecule has 6 heteroatoms. The molecule has 1 rings (SSSR count). The van der Waals surface area contributed by atoms with Gasteiger partial charge in [-0.05, 0) is 38.5 Å². The number of hydrogen-bond acceptors (Lipinski definition) is 3. The zero-order chi connectivity index (χ0) is 16.1. The second-order valence-corrected chi connectivity index (χ2v) is 7.13. The standard InChI is InChI=1S/C15H22N2O3S/c1-5-10-16-21(19,20)13-9-7-8-12(11-13)14(18)17-15(3,4)6-2/h5,7-9,11,16H,1,6,10H2,2-4H3,(H,17,18). The highest BCUT2D eigenvalue weighted by Crippen LogP contribution is 2.14. The average Bonchev–Trinajstić information content (AvgIpc) is 2.45. The van der Waals surface area contributed by atoms with Crippen molar-refractivity contribution in [2.45, 2.75) is 37.6 Å². The maximum Gasteiger partial charge on any atom is 0.251 e. The van der Waals surface area contributed by atoms with Crippen LogP contribution in [0.1, 0.15) is 37.6 Å². The summed E-state index contributed by atoms with van der Waals surface area (Å²) in [4.78, 5) is 12.2. The molecule has 0 unspecified atom stereocenters. The van der Waals surface area contributed by atoms with Crippen molar-refractivity contribution >= 4 is 15.9 Å². The van der Waals surface area contributed by atoms with Gasteiger partial charge in [-0.25, -0.2) is 13.1 Å². The fourth-order valence-electron chi connectivity index (χ4n) is 1.52. The molecule has 0 spiro atoms. The molecule has 0 aliphatic rings. The summed E-state index contributed by atoms with van der Waals surface area (Å²) >= 11 is 0. The summed E-state index contributed by atoms with van der Waals surface area (Å²) in [6, 6.07) is 5.96. The van der Waals surface area contributed by atoms with Crippen LogP contribution in [0, 0.1) is 0 Å². The summed E-state index contributed by atoms with van der Waals surface area (Å²) in [6.07, 6.45) is 2.23. The van der Waals surface area contributed by atoms with Crippen LogP contribution in [0.3, 0.4) is 0 Å². The number of carbonyl (C=O) groups is 1. The Balaban J connectivity index is 3.01. The molecule has 0 saturated heterocycles. The number of rotatable bonds is 7. The second kappa shape index (κ2) is 6.87. The number of amides is 1.